The molecule has 0 aromatic carbocycles. The Labute approximate surface area is 182 Å². The van der Waals surface area contributed by atoms with Crippen LogP contribution in [0.1, 0.15) is 66.2 Å². The molecule has 1 amide bonds. The number of aromatic nitrogens is 3. The van der Waals surface area contributed by atoms with E-state index in [1.165, 1.54) is 11.3 Å². The number of carbonyl (C=O) groups excluding carboxylic acids is 1. The molecule has 0 saturated carbocycles. The van der Waals surface area contributed by atoms with Gasteiger partial charge < -0.3 is 5.32 Å². The third-order valence-electron chi connectivity index (χ3n) is 6.00. The van der Waals surface area contributed by atoms with Gasteiger partial charge in [0.2, 0.25) is 5.91 Å². The fourth-order valence-corrected chi connectivity index (χ4v) is 5.14. The number of hydrogen-bond donors (Lipinski definition) is 1. The van der Waals surface area contributed by atoms with Gasteiger partial charge in [0.25, 0.3) is 0 Å². The second-order valence-electron chi connectivity index (χ2n) is 8.16. The molecule has 1 aliphatic heterocycles. The molecule has 3 aromatic rings. The van der Waals surface area contributed by atoms with Crippen molar-refractivity contribution < 1.29 is 4.79 Å². The summed E-state index contributed by atoms with van der Waals surface area (Å²) in [6.45, 7) is 9.03. The summed E-state index contributed by atoms with van der Waals surface area (Å²) in [5.74, 6) is 0.104. The van der Waals surface area contributed by atoms with Crippen molar-refractivity contribution in [2.45, 2.75) is 65.5 Å². The Hall–Kier alpha value is -2.25. The molecule has 1 atom stereocenters. The highest BCUT2D eigenvalue weighted by atomic mass is 32.1. The van der Waals surface area contributed by atoms with Crippen molar-refractivity contribution >= 4 is 22.9 Å². The lowest BCUT2D eigenvalue weighted by molar-refractivity contribution is -0.121. The van der Waals surface area contributed by atoms with E-state index in [1.54, 1.807) is 0 Å². The van der Waals surface area contributed by atoms with Crippen molar-refractivity contribution in [1.82, 2.24) is 24.8 Å². The van der Waals surface area contributed by atoms with Crippen molar-refractivity contribution in [3.8, 4) is 0 Å². The van der Waals surface area contributed by atoms with Crippen molar-refractivity contribution in [2.24, 2.45) is 0 Å². The van der Waals surface area contributed by atoms with Crippen LogP contribution in [0, 0.1) is 13.8 Å². The summed E-state index contributed by atoms with van der Waals surface area (Å²) < 4.78 is 1.98. The minimum absolute atomic E-state index is 0.104. The van der Waals surface area contributed by atoms with Crippen LogP contribution >= 0.6 is 11.3 Å². The molecule has 1 saturated heterocycles. The van der Waals surface area contributed by atoms with Gasteiger partial charge in [-0.15, -0.1) is 11.3 Å². The first-order valence-electron chi connectivity index (χ1n) is 11.0. The monoisotopic (exact) mass is 425 g/mol. The van der Waals surface area contributed by atoms with Crippen LogP contribution in [0.15, 0.2) is 23.6 Å². The van der Waals surface area contributed by atoms with Gasteiger partial charge in [0, 0.05) is 41.8 Å². The topological polar surface area (TPSA) is 62.5 Å². The van der Waals surface area contributed by atoms with E-state index in [1.807, 2.05) is 22.8 Å². The molecule has 7 heteroatoms. The smallest absolute Gasteiger partial charge is 0.220 e. The second kappa shape index (κ2) is 9.27. The van der Waals surface area contributed by atoms with Crippen LogP contribution in [-0.2, 0) is 17.8 Å². The molecule has 0 spiro atoms. The summed E-state index contributed by atoms with van der Waals surface area (Å²) in [6, 6.07) is 6.82. The highest BCUT2D eigenvalue weighted by Crippen LogP contribution is 2.33. The normalized spacial score (nSPS) is 17.1. The number of fused-ring (bicyclic) bond motifs is 1. The Morgan fingerprint density at radius 2 is 2.23 bits per heavy atom. The average molecular weight is 426 g/mol. The van der Waals surface area contributed by atoms with E-state index in [9.17, 15) is 4.79 Å². The van der Waals surface area contributed by atoms with Gasteiger partial charge in [-0.05, 0) is 63.1 Å². The summed E-state index contributed by atoms with van der Waals surface area (Å²) in [7, 11) is 0. The van der Waals surface area contributed by atoms with E-state index in [0.717, 1.165) is 60.8 Å². The highest BCUT2D eigenvalue weighted by molar-refractivity contribution is 7.09. The van der Waals surface area contributed by atoms with Gasteiger partial charge >= 0.3 is 0 Å². The maximum atomic E-state index is 12.0. The molecule has 4 rings (SSSR count). The first kappa shape index (κ1) is 21.0. The maximum absolute atomic E-state index is 12.0. The fraction of sp³-hybridized carbons (Fsp3) is 0.522. The predicted molar refractivity (Wildman–Crippen MR) is 121 cm³/mol. The van der Waals surface area contributed by atoms with Crippen molar-refractivity contribution in [2.75, 3.05) is 13.1 Å². The van der Waals surface area contributed by atoms with Gasteiger partial charge in [0.15, 0.2) is 5.65 Å². The minimum Gasteiger partial charge on any atom is -0.356 e. The van der Waals surface area contributed by atoms with Crippen LogP contribution in [0.5, 0.6) is 0 Å². The molecule has 6 nitrogen and oxygen atoms in total. The van der Waals surface area contributed by atoms with Gasteiger partial charge in [0.05, 0.1) is 11.7 Å². The number of carbonyl (C=O) groups is 1. The van der Waals surface area contributed by atoms with E-state index < -0.39 is 0 Å². The number of rotatable bonds is 8. The van der Waals surface area contributed by atoms with Crippen molar-refractivity contribution in [1.29, 1.82) is 0 Å². The van der Waals surface area contributed by atoms with Crippen LogP contribution in [0.3, 0.4) is 0 Å². The van der Waals surface area contributed by atoms with E-state index in [-0.39, 0.29) is 5.91 Å². The Bertz CT molecular complexity index is 1010. The number of aryl methyl sites for hydroxylation is 2. The van der Waals surface area contributed by atoms with Gasteiger partial charge in [0.1, 0.15) is 0 Å². The molecule has 3 aromatic heterocycles. The molecule has 1 N–H and O–H groups in total. The molecule has 4 heterocycles. The van der Waals surface area contributed by atoms with E-state index in [0.29, 0.717) is 18.9 Å². The van der Waals surface area contributed by atoms with Crippen LogP contribution in [0.2, 0.25) is 0 Å². The zero-order valence-electron chi connectivity index (χ0n) is 18.1. The number of thiophene rings is 1. The molecular weight excluding hydrogens is 394 g/mol. The first-order valence-corrected chi connectivity index (χ1v) is 11.8. The lowest BCUT2D eigenvalue weighted by Crippen LogP contribution is -2.24. The molecular formula is C23H31N5OS. The van der Waals surface area contributed by atoms with Crippen LogP contribution in [-0.4, -0.2) is 38.5 Å². The minimum atomic E-state index is 0.104. The summed E-state index contributed by atoms with van der Waals surface area (Å²) >= 11 is 1.82. The van der Waals surface area contributed by atoms with Crippen LogP contribution in [0.4, 0.5) is 0 Å². The fourth-order valence-electron chi connectivity index (χ4n) is 4.41. The molecule has 160 valence electrons. The zero-order chi connectivity index (χ0) is 21.1. The Morgan fingerprint density at radius 3 is 3.00 bits per heavy atom. The van der Waals surface area contributed by atoms with Gasteiger partial charge in [-0.1, -0.05) is 13.0 Å². The molecule has 1 fully saturated rings. The Kier molecular flexibility index (Phi) is 6.49. The summed E-state index contributed by atoms with van der Waals surface area (Å²) in [5.41, 5.74) is 5.23. The predicted octanol–water partition coefficient (Wildman–Crippen LogP) is 4.20. The number of likely N-dealkylation sites (tertiary alicyclic amines) is 1. The van der Waals surface area contributed by atoms with E-state index >= 15 is 0 Å². The van der Waals surface area contributed by atoms with Crippen LogP contribution < -0.4 is 5.32 Å². The average Bonchev–Trinajstić information content (AvgIpc) is 3.47. The van der Waals surface area contributed by atoms with Crippen LogP contribution in [0.25, 0.3) is 5.65 Å². The van der Waals surface area contributed by atoms with E-state index in [2.05, 4.69) is 47.6 Å². The Morgan fingerprint density at radius 1 is 1.37 bits per heavy atom. The third kappa shape index (κ3) is 4.42. The molecule has 1 aliphatic rings. The molecule has 30 heavy (non-hydrogen) atoms. The van der Waals surface area contributed by atoms with Gasteiger partial charge in [-0.3, -0.25) is 9.69 Å². The van der Waals surface area contributed by atoms with Gasteiger partial charge in [-0.2, -0.15) is 5.10 Å². The lowest BCUT2D eigenvalue weighted by atomic mass is 10.1. The SMILES string of the molecule is CCCNC(=O)CCc1c(C)nc2cc([C@@H]3CCCN3Cc3cccs3)nn2c1C. The largest absolute Gasteiger partial charge is 0.356 e. The maximum Gasteiger partial charge on any atom is 0.220 e. The quantitative estimate of drug-likeness (QED) is 0.587. The number of nitrogens with one attached hydrogen (secondary N) is 1. The summed E-state index contributed by atoms with van der Waals surface area (Å²) in [6.07, 6.45) is 4.47. The Balaban J connectivity index is 1.55. The van der Waals surface area contributed by atoms with Crippen molar-refractivity contribution in [3.05, 3.63) is 51.1 Å². The second-order valence-corrected chi connectivity index (χ2v) is 9.19. The summed E-state index contributed by atoms with van der Waals surface area (Å²) in [4.78, 5) is 20.8. The molecule has 0 radical (unpaired) electrons. The standard InChI is InChI=1S/C23H31N5OS/c1-4-11-24-23(29)10-9-19-16(2)25-22-14-20(26-28(22)17(19)3)21-8-5-12-27(21)15-18-7-6-13-30-18/h6-7,13-14,21H,4-5,8-12,15H2,1-3H3,(H,24,29)/t21-/m0/s1. The van der Waals surface area contributed by atoms with Gasteiger partial charge in [-0.25, -0.2) is 9.50 Å². The zero-order valence-corrected chi connectivity index (χ0v) is 19.0. The molecule has 0 unspecified atom stereocenters. The first-order chi connectivity index (χ1) is 14.6. The van der Waals surface area contributed by atoms with Crippen molar-refractivity contribution in [3.63, 3.8) is 0 Å². The van der Waals surface area contributed by atoms with E-state index in [4.69, 9.17) is 10.1 Å². The molecule has 0 bridgehead atoms. The molecule has 0 aliphatic carbocycles. The number of hydrogen-bond acceptors (Lipinski definition) is 5. The third-order valence-corrected chi connectivity index (χ3v) is 6.86. The summed E-state index contributed by atoms with van der Waals surface area (Å²) in [5, 5.41) is 10.1. The number of nitrogens with zero attached hydrogens (tertiary/aromatic N) is 4. The number of amides is 1. The highest BCUT2D eigenvalue weighted by Gasteiger charge is 2.29. The lowest BCUT2D eigenvalue weighted by Gasteiger charge is -2.22.